The van der Waals surface area contributed by atoms with Gasteiger partial charge in [0.25, 0.3) is 0 Å². The summed E-state index contributed by atoms with van der Waals surface area (Å²) in [5.41, 5.74) is 1.53. The van der Waals surface area contributed by atoms with Gasteiger partial charge in [0.2, 0.25) is 11.8 Å². The minimum absolute atomic E-state index is 0.111. The molecule has 1 aromatic carbocycles. The molecule has 4 aliphatic heterocycles. The van der Waals surface area contributed by atoms with Crippen LogP contribution >= 0.6 is 11.8 Å². The van der Waals surface area contributed by atoms with E-state index in [1.807, 2.05) is 63.3 Å². The summed E-state index contributed by atoms with van der Waals surface area (Å²) in [5.74, 6) is -2.60. The number of likely N-dealkylation sites (tertiary alicyclic amines) is 1. The third-order valence-corrected chi connectivity index (χ3v) is 10.9. The average molecular weight is 580 g/mol. The van der Waals surface area contributed by atoms with E-state index >= 15 is 0 Å². The number of fused-ring (bicyclic) bond motifs is 3. The molecule has 1 N–H and O–H groups in total. The Morgan fingerprint density at radius 1 is 1.10 bits per heavy atom. The lowest BCUT2D eigenvalue weighted by atomic mass is 9.74. The second-order valence-corrected chi connectivity index (χ2v) is 13.8. The van der Waals surface area contributed by atoms with Gasteiger partial charge in [-0.05, 0) is 44.2 Å². The number of cyclic esters (lactones) is 1. The maximum atomic E-state index is 14.7. The van der Waals surface area contributed by atoms with Gasteiger partial charge in [-0.3, -0.25) is 14.4 Å². The Hall–Kier alpha value is -3.18. The summed E-state index contributed by atoms with van der Waals surface area (Å²) in [6, 6.07) is 6.07. The molecule has 2 saturated heterocycles. The van der Waals surface area contributed by atoms with Gasteiger partial charge in [-0.2, -0.15) is 0 Å². The number of ether oxygens (including phenoxy) is 1. The van der Waals surface area contributed by atoms with Crippen LogP contribution in [-0.4, -0.2) is 89.0 Å². The van der Waals surface area contributed by atoms with Gasteiger partial charge >= 0.3 is 5.97 Å². The van der Waals surface area contributed by atoms with E-state index in [4.69, 9.17) is 4.74 Å². The molecular formula is C30H37N5O5S. The number of aliphatic hydroxyl groups excluding tert-OH is 1. The van der Waals surface area contributed by atoms with Crippen molar-refractivity contribution in [1.29, 1.82) is 0 Å². The van der Waals surface area contributed by atoms with Crippen molar-refractivity contribution in [2.24, 2.45) is 17.8 Å². The van der Waals surface area contributed by atoms with Crippen LogP contribution in [0.2, 0.25) is 0 Å². The Bertz CT molecular complexity index is 1420. The number of hydrogen-bond acceptors (Lipinski definition) is 8. The van der Waals surface area contributed by atoms with Crippen molar-refractivity contribution < 1.29 is 24.2 Å². The Balaban J connectivity index is 1.46. The van der Waals surface area contributed by atoms with Gasteiger partial charge in [-0.25, -0.2) is 4.68 Å². The second-order valence-electron chi connectivity index (χ2n) is 12.0. The molecule has 5 heterocycles. The fourth-order valence-electron chi connectivity index (χ4n) is 7.07. The van der Waals surface area contributed by atoms with Gasteiger partial charge in [0.05, 0.1) is 41.4 Å². The van der Waals surface area contributed by atoms with Crippen molar-refractivity contribution in [3.63, 3.8) is 0 Å². The summed E-state index contributed by atoms with van der Waals surface area (Å²) in [6.45, 7) is 6.34. The predicted octanol–water partition coefficient (Wildman–Crippen LogP) is 2.77. The molecule has 0 aliphatic carbocycles. The summed E-state index contributed by atoms with van der Waals surface area (Å²) < 4.78 is 5.68. The lowest BCUT2D eigenvalue weighted by Crippen LogP contribution is -2.58. The molecule has 10 nitrogen and oxygen atoms in total. The summed E-state index contributed by atoms with van der Waals surface area (Å²) >= 11 is 1.52. The normalized spacial score (nSPS) is 33.4. The summed E-state index contributed by atoms with van der Waals surface area (Å²) in [4.78, 5) is 46.2. The number of esters is 1. The minimum atomic E-state index is -1.01. The molecule has 11 heteroatoms. The van der Waals surface area contributed by atoms with E-state index < -0.39 is 39.4 Å². The number of rotatable bonds is 5. The van der Waals surface area contributed by atoms with Crippen LogP contribution in [0.25, 0.3) is 11.0 Å². The lowest BCUT2D eigenvalue weighted by Gasteiger charge is -2.41. The molecule has 1 unspecified atom stereocenters. The molecule has 0 radical (unpaired) electrons. The predicted molar refractivity (Wildman–Crippen MR) is 154 cm³/mol. The van der Waals surface area contributed by atoms with Gasteiger partial charge in [-0.1, -0.05) is 55.5 Å². The zero-order chi connectivity index (χ0) is 28.9. The number of thioether (sulfide) groups is 1. The third kappa shape index (κ3) is 4.39. The number of para-hydroxylation sites is 1. The van der Waals surface area contributed by atoms with E-state index in [0.717, 1.165) is 30.3 Å². The SMILES string of the molecule is CC(C)[C@H](CO)N1C(=O)[C@@H]2[C@H]3C(=O)OCCCC/C=C\[C@@]3(C)S[C@@]23C=CCN(Cn2nnc4ccccc42)C(=O)C13. The van der Waals surface area contributed by atoms with Crippen LogP contribution in [0.15, 0.2) is 48.6 Å². The molecule has 4 aliphatic rings. The highest BCUT2D eigenvalue weighted by molar-refractivity contribution is 8.02. The van der Waals surface area contributed by atoms with Crippen LogP contribution in [0, 0.1) is 17.8 Å². The fraction of sp³-hybridized carbons (Fsp3) is 0.567. The quantitative estimate of drug-likeness (QED) is 0.425. The Kier molecular flexibility index (Phi) is 7.22. The number of benzene rings is 1. The van der Waals surface area contributed by atoms with Gasteiger partial charge in [0, 0.05) is 11.3 Å². The first-order chi connectivity index (χ1) is 19.7. The molecule has 0 saturated carbocycles. The third-order valence-electron chi connectivity index (χ3n) is 9.06. The summed E-state index contributed by atoms with van der Waals surface area (Å²) in [6.07, 6.45) is 10.6. The smallest absolute Gasteiger partial charge is 0.311 e. The zero-order valence-corrected chi connectivity index (χ0v) is 24.5. The molecule has 1 aromatic heterocycles. The molecule has 6 rings (SSSR count). The highest BCUT2D eigenvalue weighted by atomic mass is 32.2. The number of carbonyl (C=O) groups excluding carboxylic acids is 3. The number of aliphatic hydroxyl groups is 1. The van der Waals surface area contributed by atoms with Crippen LogP contribution in [0.5, 0.6) is 0 Å². The van der Waals surface area contributed by atoms with Crippen molar-refractivity contribution >= 4 is 40.6 Å². The highest BCUT2D eigenvalue weighted by Crippen LogP contribution is 2.65. The van der Waals surface area contributed by atoms with Crippen LogP contribution < -0.4 is 0 Å². The molecule has 6 atom stereocenters. The van der Waals surface area contributed by atoms with E-state index in [2.05, 4.69) is 16.4 Å². The molecule has 41 heavy (non-hydrogen) atoms. The highest BCUT2D eigenvalue weighted by Gasteiger charge is 2.74. The Morgan fingerprint density at radius 2 is 1.90 bits per heavy atom. The van der Waals surface area contributed by atoms with Crippen molar-refractivity contribution in [2.45, 2.75) is 68.3 Å². The Labute approximate surface area is 243 Å². The standard InChI is InChI=1S/C30H37N5O5S/c1-19(2)22(17-36)35-25-27(38)33(18-34-21-12-7-6-11-20(21)31-32-34)15-10-14-30(25)23(26(35)37)24-28(39)40-16-9-5-4-8-13-29(24,3)41-30/h6-8,10-14,19,22-25,36H,4-5,9,15-18H2,1-3H3/b13-8-/t22-,23-,24-,25?,29+,30-/m0/s1. The number of allylic oxidation sites excluding steroid dienone is 1. The molecule has 0 bridgehead atoms. The first-order valence-corrected chi connectivity index (χ1v) is 15.3. The molecule has 2 fully saturated rings. The number of hydrogen-bond donors (Lipinski definition) is 1. The average Bonchev–Trinajstić information content (AvgIpc) is 3.50. The van der Waals surface area contributed by atoms with Crippen LogP contribution in [0.1, 0.15) is 40.0 Å². The van der Waals surface area contributed by atoms with Crippen molar-refractivity contribution in [3.05, 3.63) is 48.6 Å². The lowest BCUT2D eigenvalue weighted by molar-refractivity contribution is -0.155. The van der Waals surface area contributed by atoms with Crippen molar-refractivity contribution in [1.82, 2.24) is 24.8 Å². The van der Waals surface area contributed by atoms with E-state index in [9.17, 15) is 19.5 Å². The van der Waals surface area contributed by atoms with Crippen LogP contribution in [0.4, 0.5) is 0 Å². The number of carbonyl (C=O) groups is 3. The molecular weight excluding hydrogens is 542 g/mol. The number of aromatic nitrogens is 3. The summed E-state index contributed by atoms with van der Waals surface area (Å²) in [7, 11) is 0. The van der Waals surface area contributed by atoms with E-state index in [-0.39, 0.29) is 31.0 Å². The van der Waals surface area contributed by atoms with Crippen molar-refractivity contribution in [2.75, 3.05) is 19.8 Å². The molecule has 1 spiro atoms. The zero-order valence-electron chi connectivity index (χ0n) is 23.7. The number of nitrogens with zero attached hydrogens (tertiary/aromatic N) is 5. The largest absolute Gasteiger partial charge is 0.465 e. The van der Waals surface area contributed by atoms with Gasteiger partial charge in [0.15, 0.2) is 0 Å². The van der Waals surface area contributed by atoms with E-state index in [1.165, 1.54) is 11.8 Å². The van der Waals surface area contributed by atoms with Crippen LogP contribution in [-0.2, 0) is 25.8 Å². The number of amides is 2. The maximum Gasteiger partial charge on any atom is 0.311 e. The first kappa shape index (κ1) is 28.0. The van der Waals surface area contributed by atoms with Crippen molar-refractivity contribution in [3.8, 4) is 0 Å². The van der Waals surface area contributed by atoms with Crippen LogP contribution in [0.3, 0.4) is 0 Å². The topological polar surface area (TPSA) is 118 Å². The van der Waals surface area contributed by atoms with E-state index in [0.29, 0.717) is 13.2 Å². The minimum Gasteiger partial charge on any atom is -0.465 e. The van der Waals surface area contributed by atoms with Gasteiger partial charge in [-0.15, -0.1) is 16.9 Å². The van der Waals surface area contributed by atoms with E-state index in [1.54, 1.807) is 14.5 Å². The maximum absolute atomic E-state index is 14.7. The molecule has 2 aromatic rings. The molecule has 2 amide bonds. The summed E-state index contributed by atoms with van der Waals surface area (Å²) in [5, 5.41) is 19.0. The fourth-order valence-corrected chi connectivity index (χ4v) is 9.21. The second kappa shape index (κ2) is 10.6. The van der Waals surface area contributed by atoms with Gasteiger partial charge in [0.1, 0.15) is 18.2 Å². The molecule has 218 valence electrons. The first-order valence-electron chi connectivity index (χ1n) is 14.4. The van der Waals surface area contributed by atoms with Gasteiger partial charge < -0.3 is 19.6 Å². The Morgan fingerprint density at radius 3 is 2.68 bits per heavy atom. The monoisotopic (exact) mass is 579 g/mol.